The lowest BCUT2D eigenvalue weighted by Gasteiger charge is -2.00. The second-order valence-electron chi connectivity index (χ2n) is 2.69. The molecule has 1 saturated carbocycles. The van der Waals surface area contributed by atoms with Crippen molar-refractivity contribution in [3.8, 4) is 18.2 Å². The average Bonchev–Trinajstić information content (AvgIpc) is 2.75. The molecule has 0 radical (unpaired) electrons. The number of carbonyl (C=O) groups is 1. The zero-order chi connectivity index (χ0) is 9.41. The van der Waals surface area contributed by atoms with E-state index < -0.39 is 16.7 Å². The Hall–Kier alpha value is -2.06. The first kappa shape index (κ1) is 8.04. The minimum atomic E-state index is -1.57. The molecule has 0 aromatic heterocycles. The van der Waals surface area contributed by atoms with Gasteiger partial charge in [-0.05, 0) is 0 Å². The quantitative estimate of drug-likeness (QED) is 0.552. The van der Waals surface area contributed by atoms with Crippen molar-refractivity contribution in [3.63, 3.8) is 0 Å². The molecular formula is C7H4N4O. The fraction of sp³-hybridized carbons (Fsp3) is 0.429. The SMILES string of the molecule is N#CC1(C#N)C[C@@]1(C#N)C(N)=O. The van der Waals surface area contributed by atoms with Crippen molar-refractivity contribution >= 4 is 5.91 Å². The number of nitrogens with two attached hydrogens (primary N) is 1. The standard InChI is InChI=1S/C7H4N4O/c8-2-6(3-9)1-7(6,4-10)5(11)12/h1H2,(H2,11,12)/t7-/m1/s1. The van der Waals surface area contributed by atoms with Crippen LogP contribution in [0.15, 0.2) is 0 Å². The van der Waals surface area contributed by atoms with Gasteiger partial charge < -0.3 is 5.73 Å². The molecule has 2 N–H and O–H groups in total. The lowest BCUT2D eigenvalue weighted by molar-refractivity contribution is -0.121. The minimum absolute atomic E-state index is 0.0706. The van der Waals surface area contributed by atoms with Crippen molar-refractivity contribution < 1.29 is 4.79 Å². The largest absolute Gasteiger partial charge is 0.368 e. The smallest absolute Gasteiger partial charge is 0.240 e. The van der Waals surface area contributed by atoms with Gasteiger partial charge in [0.2, 0.25) is 5.91 Å². The molecule has 0 aromatic carbocycles. The molecule has 1 fully saturated rings. The number of primary amides is 1. The minimum Gasteiger partial charge on any atom is -0.368 e. The molecule has 0 aromatic rings. The molecule has 1 rings (SSSR count). The highest BCUT2D eigenvalue weighted by molar-refractivity contribution is 5.90. The summed E-state index contributed by atoms with van der Waals surface area (Å²) < 4.78 is 0. The van der Waals surface area contributed by atoms with E-state index >= 15 is 0 Å². The van der Waals surface area contributed by atoms with Crippen LogP contribution in [0, 0.1) is 44.8 Å². The molecule has 58 valence electrons. The van der Waals surface area contributed by atoms with Gasteiger partial charge in [-0.2, -0.15) is 15.8 Å². The van der Waals surface area contributed by atoms with Gasteiger partial charge in [-0.25, -0.2) is 0 Å². The highest BCUT2D eigenvalue weighted by atomic mass is 16.1. The van der Waals surface area contributed by atoms with Gasteiger partial charge in [0.05, 0.1) is 18.2 Å². The summed E-state index contributed by atoms with van der Waals surface area (Å²) >= 11 is 0. The van der Waals surface area contributed by atoms with E-state index in [0.717, 1.165) is 0 Å². The Kier molecular flexibility index (Phi) is 1.32. The summed E-state index contributed by atoms with van der Waals surface area (Å²) in [4.78, 5) is 10.7. The summed E-state index contributed by atoms with van der Waals surface area (Å²) in [6.07, 6.45) is -0.0706. The highest BCUT2D eigenvalue weighted by Gasteiger charge is 2.75. The van der Waals surface area contributed by atoms with E-state index in [1.54, 1.807) is 18.2 Å². The van der Waals surface area contributed by atoms with Gasteiger partial charge in [-0.1, -0.05) is 0 Å². The zero-order valence-corrected chi connectivity index (χ0v) is 6.03. The second kappa shape index (κ2) is 1.96. The van der Waals surface area contributed by atoms with E-state index in [1.807, 2.05) is 0 Å². The van der Waals surface area contributed by atoms with Gasteiger partial charge in [-0.3, -0.25) is 4.79 Å². The Morgan fingerprint density at radius 2 is 1.75 bits per heavy atom. The Morgan fingerprint density at radius 3 is 1.83 bits per heavy atom. The summed E-state index contributed by atoms with van der Waals surface area (Å²) in [5.41, 5.74) is 1.83. The number of carbonyl (C=O) groups excluding carboxylic acids is 1. The molecule has 1 atom stereocenters. The molecule has 0 saturated heterocycles. The third-order valence-electron chi connectivity index (χ3n) is 2.13. The van der Waals surface area contributed by atoms with Crippen LogP contribution in [0.2, 0.25) is 0 Å². The first-order valence-electron chi connectivity index (χ1n) is 3.12. The van der Waals surface area contributed by atoms with E-state index in [2.05, 4.69) is 0 Å². The van der Waals surface area contributed by atoms with Crippen LogP contribution in [0.3, 0.4) is 0 Å². The molecule has 0 unspecified atom stereocenters. The van der Waals surface area contributed by atoms with Crippen LogP contribution in [0.1, 0.15) is 6.42 Å². The van der Waals surface area contributed by atoms with Gasteiger partial charge in [0.25, 0.3) is 0 Å². The van der Waals surface area contributed by atoms with Crippen molar-refractivity contribution in [2.75, 3.05) is 0 Å². The van der Waals surface area contributed by atoms with Crippen LogP contribution in [0.4, 0.5) is 0 Å². The predicted octanol–water partition coefficient (Wildman–Crippen LogP) is -0.581. The molecule has 5 nitrogen and oxygen atoms in total. The van der Waals surface area contributed by atoms with Gasteiger partial charge in [-0.15, -0.1) is 0 Å². The molecule has 0 bridgehead atoms. The van der Waals surface area contributed by atoms with Gasteiger partial charge in [0, 0.05) is 6.42 Å². The Balaban J connectivity index is 3.15. The first-order valence-corrected chi connectivity index (χ1v) is 3.12. The van der Waals surface area contributed by atoms with Crippen molar-refractivity contribution in [1.29, 1.82) is 15.8 Å². The van der Waals surface area contributed by atoms with Crippen LogP contribution in [-0.4, -0.2) is 5.91 Å². The van der Waals surface area contributed by atoms with E-state index in [0.29, 0.717) is 0 Å². The molecule has 0 heterocycles. The van der Waals surface area contributed by atoms with Crippen LogP contribution < -0.4 is 5.73 Å². The van der Waals surface area contributed by atoms with Crippen molar-refractivity contribution in [3.05, 3.63) is 0 Å². The number of hydrogen-bond donors (Lipinski definition) is 1. The molecule has 1 amide bonds. The molecule has 1 aliphatic carbocycles. The van der Waals surface area contributed by atoms with E-state index in [9.17, 15) is 4.79 Å². The maximum atomic E-state index is 10.7. The van der Waals surface area contributed by atoms with E-state index in [-0.39, 0.29) is 6.42 Å². The fourth-order valence-electron chi connectivity index (χ4n) is 1.14. The van der Waals surface area contributed by atoms with Crippen LogP contribution in [0.5, 0.6) is 0 Å². The van der Waals surface area contributed by atoms with E-state index in [4.69, 9.17) is 21.5 Å². The topological polar surface area (TPSA) is 114 Å². The van der Waals surface area contributed by atoms with Crippen molar-refractivity contribution in [2.24, 2.45) is 16.6 Å². The summed E-state index contributed by atoms with van der Waals surface area (Å²) in [6, 6.07) is 4.91. The Labute approximate surface area is 68.6 Å². The summed E-state index contributed by atoms with van der Waals surface area (Å²) in [7, 11) is 0. The summed E-state index contributed by atoms with van der Waals surface area (Å²) in [5.74, 6) is -0.895. The van der Waals surface area contributed by atoms with Crippen LogP contribution in [0.25, 0.3) is 0 Å². The maximum absolute atomic E-state index is 10.7. The number of amides is 1. The number of nitrogens with zero attached hydrogens (tertiary/aromatic N) is 3. The summed E-state index contributed by atoms with van der Waals surface area (Å²) in [6.45, 7) is 0. The normalized spacial score (nSPS) is 29.1. The third kappa shape index (κ3) is 0.568. The molecule has 0 aliphatic heterocycles. The van der Waals surface area contributed by atoms with Crippen molar-refractivity contribution in [2.45, 2.75) is 6.42 Å². The predicted molar refractivity (Wildman–Crippen MR) is 35.5 cm³/mol. The second-order valence-corrected chi connectivity index (χ2v) is 2.69. The van der Waals surface area contributed by atoms with Crippen molar-refractivity contribution in [1.82, 2.24) is 0 Å². The van der Waals surface area contributed by atoms with Crippen LogP contribution in [-0.2, 0) is 4.79 Å². The number of hydrogen-bond acceptors (Lipinski definition) is 4. The Morgan fingerprint density at radius 1 is 1.25 bits per heavy atom. The lowest BCUT2D eigenvalue weighted by atomic mass is 9.96. The van der Waals surface area contributed by atoms with Crippen LogP contribution >= 0.6 is 0 Å². The summed E-state index contributed by atoms with van der Waals surface area (Å²) in [5, 5.41) is 25.7. The molecular weight excluding hydrogens is 156 g/mol. The first-order chi connectivity index (χ1) is 5.58. The fourth-order valence-corrected chi connectivity index (χ4v) is 1.14. The van der Waals surface area contributed by atoms with Gasteiger partial charge in [0.1, 0.15) is 0 Å². The number of nitriles is 3. The highest BCUT2D eigenvalue weighted by Crippen LogP contribution is 2.62. The molecule has 1 aliphatic rings. The average molecular weight is 160 g/mol. The zero-order valence-electron chi connectivity index (χ0n) is 6.03. The van der Waals surface area contributed by atoms with Gasteiger partial charge in [0.15, 0.2) is 10.8 Å². The lowest BCUT2D eigenvalue weighted by Crippen LogP contribution is -2.28. The molecule has 5 heteroatoms. The monoisotopic (exact) mass is 160 g/mol. The molecule has 12 heavy (non-hydrogen) atoms. The molecule has 0 spiro atoms. The van der Waals surface area contributed by atoms with Gasteiger partial charge >= 0.3 is 0 Å². The van der Waals surface area contributed by atoms with E-state index in [1.165, 1.54) is 0 Å². The Bertz CT molecular complexity index is 352. The maximum Gasteiger partial charge on any atom is 0.240 e. The third-order valence-corrected chi connectivity index (χ3v) is 2.13. The number of rotatable bonds is 1.